The molecule has 1 aromatic heterocycles. The maximum atomic E-state index is 13.1. The van der Waals surface area contributed by atoms with Crippen molar-refractivity contribution in [3.8, 4) is 0 Å². The van der Waals surface area contributed by atoms with Crippen LogP contribution in [-0.4, -0.2) is 24.9 Å². The number of aromatic nitrogens is 1. The molecule has 1 aliphatic rings. The molecule has 1 saturated carbocycles. The topological polar surface area (TPSA) is 68.2 Å². The number of amides is 1. The van der Waals surface area contributed by atoms with E-state index in [1.54, 1.807) is 10.8 Å². The van der Waals surface area contributed by atoms with Crippen molar-refractivity contribution in [1.82, 2.24) is 9.88 Å². The van der Waals surface area contributed by atoms with E-state index in [2.05, 4.69) is 5.32 Å². The fraction of sp³-hybridized carbons (Fsp3) is 0.348. The van der Waals surface area contributed by atoms with Crippen molar-refractivity contribution in [3.63, 3.8) is 0 Å². The molecule has 1 amide bonds. The molecule has 4 rings (SSSR count). The maximum Gasteiger partial charge on any atom is 0.240 e. The molecule has 29 heavy (non-hydrogen) atoms. The molecule has 1 heterocycles. The van der Waals surface area contributed by atoms with E-state index in [4.69, 9.17) is 0 Å². The number of para-hydroxylation sites is 1. The summed E-state index contributed by atoms with van der Waals surface area (Å²) >= 11 is 0. The van der Waals surface area contributed by atoms with Crippen LogP contribution in [0.15, 0.2) is 65.7 Å². The van der Waals surface area contributed by atoms with Crippen LogP contribution < -0.4 is 5.32 Å². The summed E-state index contributed by atoms with van der Waals surface area (Å²) in [6.45, 7) is 0.123. The highest BCUT2D eigenvalue weighted by Crippen LogP contribution is 2.28. The highest BCUT2D eigenvalue weighted by Gasteiger charge is 2.23. The van der Waals surface area contributed by atoms with Crippen molar-refractivity contribution in [1.29, 1.82) is 0 Å². The highest BCUT2D eigenvalue weighted by molar-refractivity contribution is 7.90. The quantitative estimate of drug-likeness (QED) is 0.666. The Morgan fingerprint density at radius 3 is 2.41 bits per heavy atom. The van der Waals surface area contributed by atoms with Crippen LogP contribution in [0.1, 0.15) is 37.7 Å². The van der Waals surface area contributed by atoms with Gasteiger partial charge in [-0.1, -0.05) is 67.8 Å². The first kappa shape index (κ1) is 19.7. The lowest BCUT2D eigenvalue weighted by atomic mass is 9.95. The zero-order chi connectivity index (χ0) is 20.3. The van der Waals surface area contributed by atoms with E-state index in [9.17, 15) is 13.2 Å². The lowest BCUT2D eigenvalue weighted by molar-refractivity contribution is -0.122. The third-order valence-corrected chi connectivity index (χ3v) is 7.28. The molecule has 5 nitrogen and oxygen atoms in total. The molecule has 1 fully saturated rings. The van der Waals surface area contributed by atoms with Gasteiger partial charge < -0.3 is 9.88 Å². The number of carbonyl (C=O) groups excluding carboxylic acids is 1. The smallest absolute Gasteiger partial charge is 0.240 e. The van der Waals surface area contributed by atoms with Gasteiger partial charge in [-0.15, -0.1) is 0 Å². The first-order valence-corrected chi connectivity index (χ1v) is 11.8. The van der Waals surface area contributed by atoms with Gasteiger partial charge in [0, 0.05) is 23.1 Å². The minimum Gasteiger partial charge on any atom is -0.352 e. The molecule has 0 unspecified atom stereocenters. The Kier molecular flexibility index (Phi) is 5.72. The number of nitrogens with one attached hydrogen (secondary N) is 1. The molecular formula is C23H26N2O3S. The summed E-state index contributed by atoms with van der Waals surface area (Å²) in [6.07, 6.45) is 7.20. The third kappa shape index (κ3) is 4.53. The number of rotatable bonds is 6. The number of sulfone groups is 1. The zero-order valence-corrected chi connectivity index (χ0v) is 17.2. The number of hydrogen-bond donors (Lipinski definition) is 1. The molecule has 152 valence electrons. The summed E-state index contributed by atoms with van der Waals surface area (Å²) in [4.78, 5) is 12.9. The van der Waals surface area contributed by atoms with Crippen LogP contribution in [0.3, 0.4) is 0 Å². The largest absolute Gasteiger partial charge is 0.352 e. The summed E-state index contributed by atoms with van der Waals surface area (Å²) in [6, 6.07) is 16.8. The van der Waals surface area contributed by atoms with E-state index >= 15 is 0 Å². The molecular weight excluding hydrogens is 384 g/mol. The molecule has 2 aromatic carbocycles. The van der Waals surface area contributed by atoms with Gasteiger partial charge in [0.1, 0.15) is 6.54 Å². The summed E-state index contributed by atoms with van der Waals surface area (Å²) in [5.74, 6) is -0.125. The standard InChI is InChI=1S/C23H26N2O3S/c26-23(24-19-11-5-2-6-12-19)16-25-15-22(20-13-7-8-14-21(20)25)29(27,28)17-18-9-3-1-4-10-18/h1,3-4,7-10,13-15,19H,2,5-6,11-12,16-17H2,(H,24,26). The SMILES string of the molecule is O=C(Cn1cc(S(=O)(=O)Cc2ccccc2)c2ccccc21)NC1CCCCC1. The van der Waals surface area contributed by atoms with E-state index < -0.39 is 9.84 Å². The Morgan fingerprint density at radius 1 is 0.966 bits per heavy atom. The van der Waals surface area contributed by atoms with Gasteiger partial charge in [-0.05, 0) is 24.5 Å². The second kappa shape index (κ2) is 8.41. The van der Waals surface area contributed by atoms with Crippen LogP contribution in [0, 0.1) is 0 Å². The van der Waals surface area contributed by atoms with Crippen molar-refractivity contribution >= 4 is 26.6 Å². The summed E-state index contributed by atoms with van der Waals surface area (Å²) in [5.41, 5.74) is 1.51. The minimum absolute atomic E-state index is 0.0594. The van der Waals surface area contributed by atoms with Crippen LogP contribution in [-0.2, 0) is 26.9 Å². The van der Waals surface area contributed by atoms with Crippen LogP contribution in [0.4, 0.5) is 0 Å². The van der Waals surface area contributed by atoms with Crippen molar-refractivity contribution in [2.24, 2.45) is 0 Å². The van der Waals surface area contributed by atoms with Crippen LogP contribution in [0.2, 0.25) is 0 Å². The normalized spacial score (nSPS) is 15.4. The number of fused-ring (bicyclic) bond motifs is 1. The second-order valence-corrected chi connectivity index (χ2v) is 9.74. The van der Waals surface area contributed by atoms with E-state index in [1.165, 1.54) is 6.42 Å². The van der Waals surface area contributed by atoms with Crippen molar-refractivity contribution in [2.75, 3.05) is 0 Å². The summed E-state index contributed by atoms with van der Waals surface area (Å²) in [5, 5.41) is 3.77. The Balaban J connectivity index is 1.60. The van der Waals surface area contributed by atoms with Crippen LogP contribution in [0.5, 0.6) is 0 Å². The van der Waals surface area contributed by atoms with Crippen molar-refractivity contribution in [2.45, 2.75) is 55.3 Å². The van der Waals surface area contributed by atoms with Crippen molar-refractivity contribution < 1.29 is 13.2 Å². The predicted molar refractivity (Wildman–Crippen MR) is 114 cm³/mol. The van der Waals surface area contributed by atoms with Gasteiger partial charge in [0.2, 0.25) is 5.91 Å². The molecule has 0 aliphatic heterocycles. The van der Waals surface area contributed by atoms with E-state index in [1.807, 2.05) is 54.6 Å². The zero-order valence-electron chi connectivity index (χ0n) is 16.4. The molecule has 3 aromatic rings. The van der Waals surface area contributed by atoms with Crippen molar-refractivity contribution in [3.05, 3.63) is 66.4 Å². The fourth-order valence-electron chi connectivity index (χ4n) is 4.14. The van der Waals surface area contributed by atoms with E-state index in [0.29, 0.717) is 5.39 Å². The van der Waals surface area contributed by atoms with Gasteiger partial charge in [0.05, 0.1) is 10.6 Å². The second-order valence-electron chi connectivity index (χ2n) is 7.79. The van der Waals surface area contributed by atoms with Gasteiger partial charge in [-0.3, -0.25) is 4.79 Å². The molecule has 0 atom stereocenters. The maximum absolute atomic E-state index is 13.1. The Labute approximate surface area is 171 Å². The molecule has 1 aliphatic carbocycles. The monoisotopic (exact) mass is 410 g/mol. The summed E-state index contributed by atoms with van der Waals surface area (Å²) in [7, 11) is -3.53. The lowest BCUT2D eigenvalue weighted by Crippen LogP contribution is -2.38. The predicted octanol–water partition coefficient (Wildman–Crippen LogP) is 4.06. The molecule has 0 bridgehead atoms. The van der Waals surface area contributed by atoms with E-state index in [0.717, 1.165) is 36.8 Å². The van der Waals surface area contributed by atoms with Gasteiger partial charge in [-0.2, -0.15) is 0 Å². The van der Waals surface area contributed by atoms with E-state index in [-0.39, 0.29) is 29.1 Å². The Morgan fingerprint density at radius 2 is 1.66 bits per heavy atom. The average molecular weight is 411 g/mol. The first-order valence-electron chi connectivity index (χ1n) is 10.2. The fourth-order valence-corrected chi connectivity index (χ4v) is 5.72. The molecule has 1 N–H and O–H groups in total. The number of nitrogens with zero attached hydrogens (tertiary/aromatic N) is 1. The molecule has 6 heteroatoms. The van der Waals surface area contributed by atoms with Gasteiger partial charge in [0.15, 0.2) is 9.84 Å². The Hall–Kier alpha value is -2.60. The summed E-state index contributed by atoms with van der Waals surface area (Å²) < 4.78 is 28.0. The first-order chi connectivity index (χ1) is 14.0. The van der Waals surface area contributed by atoms with Gasteiger partial charge in [-0.25, -0.2) is 8.42 Å². The molecule has 0 saturated heterocycles. The van der Waals surface area contributed by atoms with Crippen LogP contribution in [0.25, 0.3) is 10.9 Å². The highest BCUT2D eigenvalue weighted by atomic mass is 32.2. The number of carbonyl (C=O) groups is 1. The number of hydrogen-bond acceptors (Lipinski definition) is 3. The molecule has 0 spiro atoms. The minimum atomic E-state index is -3.53. The van der Waals surface area contributed by atoms with Gasteiger partial charge >= 0.3 is 0 Å². The lowest BCUT2D eigenvalue weighted by Gasteiger charge is -2.22. The average Bonchev–Trinajstić information content (AvgIpc) is 3.09. The van der Waals surface area contributed by atoms with Crippen LogP contribution >= 0.6 is 0 Å². The number of benzene rings is 2. The Bertz CT molecular complexity index is 1100. The van der Waals surface area contributed by atoms with Gasteiger partial charge in [0.25, 0.3) is 0 Å². The molecule has 0 radical (unpaired) electrons. The third-order valence-electron chi connectivity index (χ3n) is 5.57.